The number of aliphatic hydroxyl groups excluding tert-OH is 1. The minimum absolute atomic E-state index is 0.164. The molecule has 2 aromatic carbocycles. The van der Waals surface area contributed by atoms with Gasteiger partial charge in [0.05, 0.1) is 6.54 Å². The zero-order valence-corrected chi connectivity index (χ0v) is 12.5. The van der Waals surface area contributed by atoms with E-state index in [1.54, 1.807) is 0 Å². The van der Waals surface area contributed by atoms with Crippen LogP contribution in [0.25, 0.3) is 0 Å². The number of amides is 1. The average molecular weight is 300 g/mol. The molecule has 0 bridgehead atoms. The highest BCUT2D eigenvalue weighted by Gasteiger charge is 2.04. The molecular weight excluding hydrogens is 280 g/mol. The topological polar surface area (TPSA) is 70.6 Å². The number of rotatable bonds is 7. The highest BCUT2D eigenvalue weighted by Crippen LogP contribution is 2.20. The minimum Gasteiger partial charge on any atom is -0.457 e. The van der Waals surface area contributed by atoms with Crippen LogP contribution in [0.4, 0.5) is 0 Å². The predicted octanol–water partition coefficient (Wildman–Crippen LogP) is 2.02. The summed E-state index contributed by atoms with van der Waals surface area (Å²) in [6.07, 6.45) is -0.774. The number of carbonyl (C=O) groups is 1. The summed E-state index contributed by atoms with van der Waals surface area (Å²) < 4.78 is 5.71. The van der Waals surface area contributed by atoms with E-state index in [2.05, 4.69) is 10.6 Å². The first-order chi connectivity index (χ1) is 10.6. The van der Waals surface area contributed by atoms with E-state index in [0.717, 1.165) is 17.1 Å². The normalized spacial score (nSPS) is 11.7. The van der Waals surface area contributed by atoms with Crippen molar-refractivity contribution in [2.75, 3.05) is 6.54 Å². The molecule has 116 valence electrons. The zero-order chi connectivity index (χ0) is 15.8. The summed E-state index contributed by atoms with van der Waals surface area (Å²) in [5.74, 6) is 1.39. The fourth-order valence-electron chi connectivity index (χ4n) is 1.85. The second-order valence-electron chi connectivity index (χ2n) is 4.89. The van der Waals surface area contributed by atoms with Crippen molar-refractivity contribution in [3.8, 4) is 11.5 Å². The van der Waals surface area contributed by atoms with Gasteiger partial charge in [-0.1, -0.05) is 30.3 Å². The van der Waals surface area contributed by atoms with Gasteiger partial charge in [0.1, 0.15) is 17.7 Å². The number of hydrogen-bond acceptors (Lipinski definition) is 4. The van der Waals surface area contributed by atoms with Gasteiger partial charge in [-0.3, -0.25) is 10.1 Å². The van der Waals surface area contributed by atoms with Crippen molar-refractivity contribution < 1.29 is 14.6 Å². The van der Waals surface area contributed by atoms with Crippen molar-refractivity contribution in [1.82, 2.24) is 10.6 Å². The maximum atomic E-state index is 10.7. The lowest BCUT2D eigenvalue weighted by Crippen LogP contribution is -2.39. The molecule has 0 spiro atoms. The lowest BCUT2D eigenvalue weighted by molar-refractivity contribution is -0.119. The fourth-order valence-corrected chi connectivity index (χ4v) is 1.85. The average Bonchev–Trinajstić information content (AvgIpc) is 2.53. The molecule has 0 aliphatic rings. The van der Waals surface area contributed by atoms with Gasteiger partial charge in [0, 0.05) is 13.5 Å². The quantitative estimate of drug-likeness (QED) is 0.684. The monoisotopic (exact) mass is 300 g/mol. The Labute approximate surface area is 129 Å². The Balaban J connectivity index is 1.80. The Morgan fingerprint density at radius 2 is 1.73 bits per heavy atom. The number of nitrogens with one attached hydrogen (secondary N) is 2. The van der Waals surface area contributed by atoms with Crippen molar-refractivity contribution in [3.63, 3.8) is 0 Å². The Hall–Kier alpha value is -2.37. The maximum Gasteiger partial charge on any atom is 0.217 e. The van der Waals surface area contributed by atoms with Gasteiger partial charge in [0.2, 0.25) is 5.91 Å². The lowest BCUT2D eigenvalue weighted by Gasteiger charge is -2.13. The summed E-state index contributed by atoms with van der Waals surface area (Å²) in [4.78, 5) is 10.7. The first-order valence-electron chi connectivity index (χ1n) is 7.11. The molecule has 3 N–H and O–H groups in total. The first kappa shape index (κ1) is 16.0. The van der Waals surface area contributed by atoms with Gasteiger partial charge in [-0.2, -0.15) is 0 Å². The summed E-state index contributed by atoms with van der Waals surface area (Å²) in [6.45, 7) is 2.11. The number of ether oxygens (including phenoxy) is 1. The number of para-hydroxylation sites is 1. The number of carbonyl (C=O) groups excluding carboxylic acids is 1. The van der Waals surface area contributed by atoms with E-state index in [4.69, 9.17) is 4.74 Å². The van der Waals surface area contributed by atoms with E-state index in [0.29, 0.717) is 6.54 Å². The number of benzene rings is 2. The molecule has 0 aliphatic heterocycles. The van der Waals surface area contributed by atoms with Gasteiger partial charge in [-0.15, -0.1) is 0 Å². The molecule has 5 heteroatoms. The highest BCUT2D eigenvalue weighted by molar-refractivity contribution is 5.72. The summed E-state index contributed by atoms with van der Waals surface area (Å²) in [7, 11) is 0. The van der Waals surface area contributed by atoms with Crippen molar-refractivity contribution in [2.24, 2.45) is 0 Å². The molecule has 0 saturated heterocycles. The Morgan fingerprint density at radius 1 is 1.09 bits per heavy atom. The molecule has 0 fully saturated rings. The molecule has 2 aromatic rings. The van der Waals surface area contributed by atoms with Crippen LogP contribution in [0, 0.1) is 0 Å². The summed E-state index contributed by atoms with van der Waals surface area (Å²) in [6, 6.07) is 17.2. The van der Waals surface area contributed by atoms with Crippen molar-refractivity contribution in [2.45, 2.75) is 19.7 Å². The van der Waals surface area contributed by atoms with Gasteiger partial charge in [-0.25, -0.2) is 0 Å². The third kappa shape index (κ3) is 5.55. The first-order valence-corrected chi connectivity index (χ1v) is 7.11. The molecule has 0 heterocycles. The molecule has 1 unspecified atom stereocenters. The molecule has 5 nitrogen and oxygen atoms in total. The largest absolute Gasteiger partial charge is 0.457 e. The summed E-state index contributed by atoms with van der Waals surface area (Å²) >= 11 is 0. The maximum absolute atomic E-state index is 10.7. The minimum atomic E-state index is -0.774. The second kappa shape index (κ2) is 8.17. The lowest BCUT2D eigenvalue weighted by atomic mass is 10.2. The summed E-state index contributed by atoms with van der Waals surface area (Å²) in [5, 5.41) is 15.1. The van der Waals surface area contributed by atoms with Crippen LogP contribution in [0.1, 0.15) is 12.5 Å². The molecule has 2 rings (SSSR count). The highest BCUT2D eigenvalue weighted by atomic mass is 16.5. The standard InChI is InChI=1S/C17H20N2O3/c1-13(20)18-12-17(21)19-11-14-7-9-16(10-8-14)22-15-5-3-2-4-6-15/h2-10,17,19,21H,11-12H2,1H3,(H,18,20). The van der Waals surface area contributed by atoms with Crippen molar-refractivity contribution >= 4 is 5.91 Å². The van der Waals surface area contributed by atoms with Crippen LogP contribution in [0.15, 0.2) is 54.6 Å². The van der Waals surface area contributed by atoms with Crippen LogP contribution in [0.2, 0.25) is 0 Å². The van der Waals surface area contributed by atoms with E-state index < -0.39 is 6.23 Å². The molecule has 0 radical (unpaired) electrons. The van der Waals surface area contributed by atoms with E-state index in [9.17, 15) is 9.90 Å². The SMILES string of the molecule is CC(=O)NCC(O)NCc1ccc(Oc2ccccc2)cc1. The van der Waals surface area contributed by atoms with E-state index in [1.807, 2.05) is 54.6 Å². The second-order valence-corrected chi connectivity index (χ2v) is 4.89. The Bertz CT molecular complexity index is 585. The molecule has 0 saturated carbocycles. The molecule has 0 aliphatic carbocycles. The Kier molecular flexibility index (Phi) is 5.94. The van der Waals surface area contributed by atoms with Gasteiger partial charge in [0.25, 0.3) is 0 Å². The fraction of sp³-hybridized carbons (Fsp3) is 0.235. The predicted molar refractivity (Wildman–Crippen MR) is 84.5 cm³/mol. The van der Waals surface area contributed by atoms with E-state index >= 15 is 0 Å². The van der Waals surface area contributed by atoms with Crippen LogP contribution in [0.3, 0.4) is 0 Å². The van der Waals surface area contributed by atoms with Crippen molar-refractivity contribution in [3.05, 3.63) is 60.2 Å². The van der Waals surface area contributed by atoms with E-state index in [1.165, 1.54) is 6.92 Å². The van der Waals surface area contributed by atoms with E-state index in [-0.39, 0.29) is 12.5 Å². The van der Waals surface area contributed by atoms with Crippen LogP contribution in [-0.2, 0) is 11.3 Å². The van der Waals surface area contributed by atoms with Gasteiger partial charge in [-0.05, 0) is 29.8 Å². The third-order valence-electron chi connectivity index (χ3n) is 2.99. The van der Waals surface area contributed by atoms with Crippen LogP contribution < -0.4 is 15.4 Å². The number of aliphatic hydroxyl groups is 1. The van der Waals surface area contributed by atoms with Crippen LogP contribution in [0.5, 0.6) is 11.5 Å². The van der Waals surface area contributed by atoms with Gasteiger partial charge < -0.3 is 15.2 Å². The van der Waals surface area contributed by atoms with Crippen LogP contribution in [-0.4, -0.2) is 23.8 Å². The van der Waals surface area contributed by atoms with Crippen molar-refractivity contribution in [1.29, 1.82) is 0 Å². The third-order valence-corrected chi connectivity index (χ3v) is 2.99. The van der Waals surface area contributed by atoms with Gasteiger partial charge >= 0.3 is 0 Å². The summed E-state index contributed by atoms with van der Waals surface area (Å²) in [5.41, 5.74) is 1.02. The molecule has 1 amide bonds. The van der Waals surface area contributed by atoms with Gasteiger partial charge in [0.15, 0.2) is 0 Å². The zero-order valence-electron chi connectivity index (χ0n) is 12.5. The molecule has 22 heavy (non-hydrogen) atoms. The Morgan fingerprint density at radius 3 is 2.36 bits per heavy atom. The number of hydrogen-bond donors (Lipinski definition) is 3. The molecule has 0 aromatic heterocycles. The smallest absolute Gasteiger partial charge is 0.217 e. The van der Waals surface area contributed by atoms with Crippen LogP contribution >= 0.6 is 0 Å². The molecule has 1 atom stereocenters. The molecular formula is C17H20N2O3.